The van der Waals surface area contributed by atoms with Crippen LogP contribution in [-0.4, -0.2) is 51.2 Å². The molecular formula is C17H20Cl2N4OS. The van der Waals surface area contributed by atoms with E-state index in [0.717, 1.165) is 56.1 Å². The first kappa shape index (κ1) is 17.5. The van der Waals surface area contributed by atoms with Gasteiger partial charge in [-0.2, -0.15) is 0 Å². The topological polar surface area (TPSA) is 43.2 Å². The molecule has 1 atom stereocenters. The molecule has 1 aromatic carbocycles. The van der Waals surface area contributed by atoms with Gasteiger partial charge >= 0.3 is 0 Å². The van der Waals surface area contributed by atoms with Gasteiger partial charge in [-0.15, -0.1) is 33.4 Å². The summed E-state index contributed by atoms with van der Waals surface area (Å²) in [6, 6.07) is 10.4. The zero-order valence-corrected chi connectivity index (χ0v) is 16.1. The number of benzene rings is 1. The monoisotopic (exact) mass is 398 g/mol. The van der Waals surface area contributed by atoms with Crippen molar-refractivity contribution in [3.8, 4) is 0 Å². The zero-order valence-electron chi connectivity index (χ0n) is 13.8. The third kappa shape index (κ3) is 4.08. The second kappa shape index (κ2) is 7.35. The van der Waals surface area contributed by atoms with Gasteiger partial charge in [-0.1, -0.05) is 42.1 Å². The molecule has 4 rings (SSSR count). The van der Waals surface area contributed by atoms with E-state index in [0.29, 0.717) is 5.92 Å². The minimum absolute atomic E-state index is 0.328. The highest BCUT2D eigenvalue weighted by Gasteiger charge is 2.51. The molecule has 0 unspecified atom stereocenters. The number of rotatable bonds is 6. The maximum absolute atomic E-state index is 6.16. The summed E-state index contributed by atoms with van der Waals surface area (Å²) in [5.41, 5.74) is 1.23. The molecule has 0 bridgehead atoms. The average molecular weight is 399 g/mol. The van der Waals surface area contributed by atoms with Crippen molar-refractivity contribution in [2.75, 3.05) is 37.0 Å². The summed E-state index contributed by atoms with van der Waals surface area (Å²) < 4.78 is 7.10. The van der Waals surface area contributed by atoms with Gasteiger partial charge in [0.2, 0.25) is 5.95 Å². The molecule has 0 radical (unpaired) electrons. The molecule has 2 aromatic rings. The fourth-order valence-corrected chi connectivity index (χ4v) is 4.78. The Morgan fingerprint density at radius 2 is 1.88 bits per heavy atom. The van der Waals surface area contributed by atoms with Crippen LogP contribution in [0, 0.1) is 5.92 Å². The Kier molecular flexibility index (Phi) is 5.13. The second-order valence-corrected chi connectivity index (χ2v) is 8.96. The van der Waals surface area contributed by atoms with Gasteiger partial charge in [0.25, 0.3) is 0 Å². The molecule has 1 aromatic heterocycles. The van der Waals surface area contributed by atoms with E-state index in [1.165, 1.54) is 5.56 Å². The molecule has 134 valence electrons. The van der Waals surface area contributed by atoms with E-state index < -0.39 is 4.33 Å². The van der Waals surface area contributed by atoms with Crippen molar-refractivity contribution in [1.82, 2.24) is 14.8 Å². The van der Waals surface area contributed by atoms with Crippen LogP contribution in [0.1, 0.15) is 12.0 Å². The molecule has 1 aliphatic heterocycles. The predicted octanol–water partition coefficient (Wildman–Crippen LogP) is 3.45. The number of halogens is 2. The smallest absolute Gasteiger partial charge is 0.228 e. The number of morpholine rings is 1. The van der Waals surface area contributed by atoms with Crippen molar-refractivity contribution in [2.24, 2.45) is 5.92 Å². The van der Waals surface area contributed by atoms with Crippen molar-refractivity contribution in [3.63, 3.8) is 0 Å². The van der Waals surface area contributed by atoms with E-state index in [-0.39, 0.29) is 0 Å². The Hall–Kier alpha value is -0.950. The molecule has 0 amide bonds. The van der Waals surface area contributed by atoms with Crippen molar-refractivity contribution in [1.29, 1.82) is 0 Å². The lowest BCUT2D eigenvalue weighted by Gasteiger charge is -2.28. The predicted molar refractivity (Wildman–Crippen MR) is 102 cm³/mol. The second-order valence-electron chi connectivity index (χ2n) is 6.43. The highest BCUT2D eigenvalue weighted by atomic mass is 35.5. The summed E-state index contributed by atoms with van der Waals surface area (Å²) in [5.74, 6) is 2.10. The van der Waals surface area contributed by atoms with Gasteiger partial charge in [-0.05, 0) is 12.0 Å². The van der Waals surface area contributed by atoms with Crippen LogP contribution in [0.4, 0.5) is 5.95 Å². The van der Waals surface area contributed by atoms with Crippen molar-refractivity contribution >= 4 is 40.9 Å². The SMILES string of the molecule is ClC1(Cl)C[C@@H]1CSc1nnc(N2CCOCC2)n1Cc1ccccc1. The van der Waals surface area contributed by atoms with Crippen molar-refractivity contribution in [3.05, 3.63) is 35.9 Å². The molecule has 25 heavy (non-hydrogen) atoms. The Bertz CT molecular complexity index is 719. The molecule has 2 aliphatic rings. The summed E-state index contributed by atoms with van der Waals surface area (Å²) in [6.07, 6.45) is 0.853. The van der Waals surface area contributed by atoms with E-state index in [9.17, 15) is 0 Å². The first-order valence-electron chi connectivity index (χ1n) is 8.44. The van der Waals surface area contributed by atoms with E-state index in [1.54, 1.807) is 11.8 Å². The number of alkyl halides is 2. The number of ether oxygens (including phenoxy) is 1. The van der Waals surface area contributed by atoms with Gasteiger partial charge in [-0.25, -0.2) is 0 Å². The van der Waals surface area contributed by atoms with Crippen LogP contribution in [0.2, 0.25) is 0 Å². The third-order valence-electron chi connectivity index (χ3n) is 4.54. The van der Waals surface area contributed by atoms with Crippen molar-refractivity contribution in [2.45, 2.75) is 22.5 Å². The summed E-state index contributed by atoms with van der Waals surface area (Å²) in [5, 5.41) is 9.83. The molecule has 0 N–H and O–H groups in total. The van der Waals surface area contributed by atoms with Crippen LogP contribution in [0.15, 0.2) is 35.5 Å². The van der Waals surface area contributed by atoms with E-state index in [4.69, 9.17) is 27.9 Å². The molecule has 8 heteroatoms. The van der Waals surface area contributed by atoms with Crippen molar-refractivity contribution < 1.29 is 4.74 Å². The lowest BCUT2D eigenvalue weighted by atomic mass is 10.2. The number of anilines is 1. The number of nitrogens with zero attached hydrogens (tertiary/aromatic N) is 4. The zero-order chi connectivity index (χ0) is 17.3. The minimum Gasteiger partial charge on any atom is -0.378 e. The van der Waals surface area contributed by atoms with Gasteiger partial charge in [0.15, 0.2) is 5.16 Å². The third-order valence-corrected chi connectivity index (χ3v) is 6.60. The Balaban J connectivity index is 1.55. The number of hydrogen-bond donors (Lipinski definition) is 0. The number of thioether (sulfide) groups is 1. The summed E-state index contributed by atoms with van der Waals surface area (Å²) in [6.45, 7) is 3.88. The Morgan fingerprint density at radius 1 is 1.16 bits per heavy atom. The Labute approximate surface area is 161 Å². The molecular weight excluding hydrogens is 379 g/mol. The van der Waals surface area contributed by atoms with E-state index in [2.05, 4.69) is 43.9 Å². The van der Waals surface area contributed by atoms with Crippen LogP contribution < -0.4 is 4.90 Å². The lowest BCUT2D eigenvalue weighted by molar-refractivity contribution is 0.121. The van der Waals surface area contributed by atoms with Gasteiger partial charge in [0, 0.05) is 24.8 Å². The molecule has 0 spiro atoms. The molecule has 2 fully saturated rings. The molecule has 1 saturated carbocycles. The molecule has 1 saturated heterocycles. The van der Waals surface area contributed by atoms with Crippen LogP contribution in [-0.2, 0) is 11.3 Å². The molecule has 5 nitrogen and oxygen atoms in total. The first-order valence-corrected chi connectivity index (χ1v) is 10.2. The van der Waals surface area contributed by atoms with Gasteiger partial charge < -0.3 is 9.64 Å². The van der Waals surface area contributed by atoms with Crippen LogP contribution in [0.3, 0.4) is 0 Å². The summed E-state index contributed by atoms with van der Waals surface area (Å²) >= 11 is 14.0. The first-order chi connectivity index (χ1) is 12.1. The van der Waals surface area contributed by atoms with Crippen LogP contribution in [0.5, 0.6) is 0 Å². The van der Waals surface area contributed by atoms with E-state index in [1.807, 2.05) is 6.07 Å². The fourth-order valence-electron chi connectivity index (χ4n) is 2.92. The maximum atomic E-state index is 6.16. The number of hydrogen-bond acceptors (Lipinski definition) is 5. The number of aromatic nitrogens is 3. The Morgan fingerprint density at radius 3 is 2.56 bits per heavy atom. The van der Waals surface area contributed by atoms with Crippen LogP contribution in [0.25, 0.3) is 0 Å². The average Bonchev–Trinajstić information content (AvgIpc) is 3.06. The fraction of sp³-hybridized carbons (Fsp3) is 0.529. The summed E-state index contributed by atoms with van der Waals surface area (Å²) in [7, 11) is 0. The quantitative estimate of drug-likeness (QED) is 0.550. The molecule has 2 heterocycles. The standard InChI is InChI=1S/C17H20Cl2N4OS/c18-17(19)10-14(17)12-25-16-21-20-15(22-6-8-24-9-7-22)23(16)11-13-4-2-1-3-5-13/h1-5,14H,6-12H2/t14-/m1/s1. The normalized spacial score (nSPS) is 22.2. The highest BCUT2D eigenvalue weighted by Crippen LogP contribution is 2.54. The highest BCUT2D eigenvalue weighted by molar-refractivity contribution is 7.99. The minimum atomic E-state index is -0.551. The molecule has 1 aliphatic carbocycles. The van der Waals surface area contributed by atoms with Gasteiger partial charge in [-0.3, -0.25) is 4.57 Å². The maximum Gasteiger partial charge on any atom is 0.228 e. The van der Waals surface area contributed by atoms with E-state index >= 15 is 0 Å². The van der Waals surface area contributed by atoms with Gasteiger partial charge in [0.05, 0.1) is 19.8 Å². The summed E-state index contributed by atoms with van der Waals surface area (Å²) in [4.78, 5) is 2.24. The lowest BCUT2D eigenvalue weighted by Crippen LogP contribution is -2.38. The van der Waals surface area contributed by atoms with Crippen LogP contribution >= 0.6 is 35.0 Å². The van der Waals surface area contributed by atoms with Gasteiger partial charge in [0.1, 0.15) is 4.33 Å². The largest absolute Gasteiger partial charge is 0.378 e.